The minimum atomic E-state index is -0.985. The van der Waals surface area contributed by atoms with E-state index in [1.807, 2.05) is 0 Å². The van der Waals surface area contributed by atoms with Gasteiger partial charge in [-0.05, 0) is 23.8 Å². The van der Waals surface area contributed by atoms with Gasteiger partial charge in [-0.25, -0.2) is 4.79 Å². The van der Waals surface area contributed by atoms with Crippen molar-refractivity contribution < 1.29 is 19.7 Å². The van der Waals surface area contributed by atoms with Crippen molar-refractivity contribution >= 4 is 12.0 Å². The Morgan fingerprint density at radius 1 is 1.36 bits per heavy atom. The smallest absolute Gasteiger partial charge is 0.328 e. The van der Waals surface area contributed by atoms with Gasteiger partial charge in [0.25, 0.3) is 0 Å². The molecule has 1 aromatic carbocycles. The van der Waals surface area contributed by atoms with Gasteiger partial charge >= 0.3 is 5.97 Å². The number of carboxylic acids is 1. The largest absolute Gasteiger partial charge is 0.478 e. The molecule has 0 aromatic heterocycles. The summed E-state index contributed by atoms with van der Waals surface area (Å²) in [5.41, 5.74) is 0.762. The maximum Gasteiger partial charge on any atom is 0.328 e. The molecule has 0 saturated carbocycles. The van der Waals surface area contributed by atoms with Gasteiger partial charge in [-0.1, -0.05) is 12.1 Å². The summed E-state index contributed by atoms with van der Waals surface area (Å²) < 4.78 is 4.80. The summed E-state index contributed by atoms with van der Waals surface area (Å²) in [5.74, 6) is -0.444. The van der Waals surface area contributed by atoms with Gasteiger partial charge in [0.15, 0.2) is 6.79 Å². The molecule has 1 rings (SSSR count). The summed E-state index contributed by atoms with van der Waals surface area (Å²) in [6, 6.07) is 6.70. The van der Waals surface area contributed by atoms with E-state index in [-0.39, 0.29) is 6.79 Å². The Labute approximate surface area is 81.1 Å². The molecule has 0 amide bonds. The van der Waals surface area contributed by atoms with E-state index in [1.54, 1.807) is 24.3 Å². The lowest BCUT2D eigenvalue weighted by Gasteiger charge is -2.01. The van der Waals surface area contributed by atoms with Crippen LogP contribution in [0.2, 0.25) is 0 Å². The molecule has 74 valence electrons. The highest BCUT2D eigenvalue weighted by molar-refractivity contribution is 5.85. The van der Waals surface area contributed by atoms with Gasteiger partial charge in [0.1, 0.15) is 5.75 Å². The first kappa shape index (κ1) is 10.3. The lowest BCUT2D eigenvalue weighted by Crippen LogP contribution is -1.93. The highest BCUT2D eigenvalue weighted by Crippen LogP contribution is 2.12. The van der Waals surface area contributed by atoms with Crippen LogP contribution in [-0.2, 0) is 4.79 Å². The second-order valence-corrected chi connectivity index (χ2v) is 2.51. The Morgan fingerprint density at radius 2 is 2.00 bits per heavy atom. The average molecular weight is 194 g/mol. The fourth-order valence-electron chi connectivity index (χ4n) is 0.917. The second kappa shape index (κ2) is 5.04. The molecule has 0 bridgehead atoms. The van der Waals surface area contributed by atoms with Gasteiger partial charge in [-0.15, -0.1) is 0 Å². The molecule has 0 saturated heterocycles. The molecule has 4 nitrogen and oxygen atoms in total. The fraction of sp³-hybridized carbons (Fsp3) is 0.100. The van der Waals surface area contributed by atoms with Crippen molar-refractivity contribution in [3.05, 3.63) is 35.9 Å². The number of carboxylic acid groups (broad SMARTS) is 1. The van der Waals surface area contributed by atoms with Crippen LogP contribution in [0.5, 0.6) is 5.75 Å². The van der Waals surface area contributed by atoms with Gasteiger partial charge in [-0.2, -0.15) is 0 Å². The number of ether oxygens (including phenoxy) is 1. The lowest BCUT2D eigenvalue weighted by molar-refractivity contribution is -0.131. The van der Waals surface area contributed by atoms with Crippen LogP contribution in [0, 0.1) is 0 Å². The van der Waals surface area contributed by atoms with Gasteiger partial charge in [0, 0.05) is 6.08 Å². The lowest BCUT2D eigenvalue weighted by atomic mass is 10.2. The quantitative estimate of drug-likeness (QED) is 0.556. The van der Waals surface area contributed by atoms with E-state index in [1.165, 1.54) is 6.08 Å². The van der Waals surface area contributed by atoms with Crippen molar-refractivity contribution in [3.8, 4) is 5.75 Å². The van der Waals surface area contributed by atoms with E-state index in [9.17, 15) is 4.79 Å². The Bertz CT molecular complexity index is 326. The minimum absolute atomic E-state index is 0.371. The van der Waals surface area contributed by atoms with Gasteiger partial charge in [0.05, 0.1) is 0 Å². The molecule has 0 heterocycles. The molecule has 0 aliphatic rings. The number of aliphatic hydroxyl groups excluding tert-OH is 1. The average Bonchev–Trinajstić information content (AvgIpc) is 2.17. The highest BCUT2D eigenvalue weighted by atomic mass is 16.6. The summed E-state index contributed by atoms with van der Waals surface area (Å²) in [5, 5.41) is 16.8. The third-order valence-electron chi connectivity index (χ3n) is 1.53. The first-order chi connectivity index (χ1) is 6.72. The molecule has 0 aliphatic carbocycles. The van der Waals surface area contributed by atoms with E-state index in [0.717, 1.165) is 11.6 Å². The monoisotopic (exact) mass is 194 g/mol. The first-order valence-electron chi connectivity index (χ1n) is 3.97. The first-order valence-corrected chi connectivity index (χ1v) is 3.97. The van der Waals surface area contributed by atoms with Crippen LogP contribution < -0.4 is 4.74 Å². The third kappa shape index (κ3) is 3.28. The number of hydrogen-bond acceptors (Lipinski definition) is 3. The Morgan fingerprint density at radius 3 is 2.50 bits per heavy atom. The van der Waals surface area contributed by atoms with Crippen molar-refractivity contribution in [1.29, 1.82) is 0 Å². The number of aliphatic carboxylic acids is 1. The maximum absolute atomic E-state index is 10.2. The molecule has 1 aromatic rings. The predicted molar refractivity (Wildman–Crippen MR) is 50.8 cm³/mol. The normalized spacial score (nSPS) is 10.4. The Balaban J connectivity index is 2.68. The molecule has 0 aliphatic heterocycles. The molecule has 4 heteroatoms. The fourth-order valence-corrected chi connectivity index (χ4v) is 0.917. The Kier molecular flexibility index (Phi) is 3.69. The molecular formula is C10H10O4. The topological polar surface area (TPSA) is 66.8 Å². The molecule has 0 fully saturated rings. The maximum atomic E-state index is 10.2. The van der Waals surface area contributed by atoms with Crippen molar-refractivity contribution in [3.63, 3.8) is 0 Å². The highest BCUT2D eigenvalue weighted by Gasteiger charge is 1.92. The van der Waals surface area contributed by atoms with Crippen molar-refractivity contribution in [2.45, 2.75) is 0 Å². The number of benzene rings is 1. The minimum Gasteiger partial charge on any atom is -0.478 e. The van der Waals surface area contributed by atoms with E-state index >= 15 is 0 Å². The van der Waals surface area contributed by atoms with Crippen LogP contribution in [0.15, 0.2) is 30.3 Å². The van der Waals surface area contributed by atoms with Crippen LogP contribution in [0.25, 0.3) is 6.08 Å². The zero-order valence-electron chi connectivity index (χ0n) is 7.38. The number of carbonyl (C=O) groups is 1. The van der Waals surface area contributed by atoms with Crippen LogP contribution in [0.4, 0.5) is 0 Å². The summed E-state index contributed by atoms with van der Waals surface area (Å²) in [4.78, 5) is 10.2. The number of rotatable bonds is 4. The predicted octanol–water partition coefficient (Wildman–Crippen LogP) is 1.11. The summed E-state index contributed by atoms with van der Waals surface area (Å²) in [7, 11) is 0. The molecule has 0 unspecified atom stereocenters. The van der Waals surface area contributed by atoms with Crippen molar-refractivity contribution in [1.82, 2.24) is 0 Å². The third-order valence-corrected chi connectivity index (χ3v) is 1.53. The van der Waals surface area contributed by atoms with Crippen molar-refractivity contribution in [2.24, 2.45) is 0 Å². The second-order valence-electron chi connectivity index (χ2n) is 2.51. The SMILES string of the molecule is O=C(O)/C=C/c1ccc(OCO)cc1. The van der Waals surface area contributed by atoms with Gasteiger partial charge < -0.3 is 14.9 Å². The molecule has 0 spiro atoms. The van der Waals surface area contributed by atoms with E-state index in [0.29, 0.717) is 5.75 Å². The standard InChI is InChI=1S/C10H10O4/c11-7-14-9-4-1-8(2-5-9)3-6-10(12)13/h1-6,11H,7H2,(H,12,13)/b6-3+. The zero-order chi connectivity index (χ0) is 10.4. The van der Waals surface area contributed by atoms with Crippen LogP contribution >= 0.6 is 0 Å². The molecule has 0 radical (unpaired) electrons. The zero-order valence-corrected chi connectivity index (χ0v) is 7.38. The molecule has 14 heavy (non-hydrogen) atoms. The van der Waals surface area contributed by atoms with Crippen LogP contribution in [-0.4, -0.2) is 23.0 Å². The summed E-state index contributed by atoms with van der Waals surface area (Å²) in [6.45, 7) is -0.371. The molecule has 0 atom stereocenters. The van der Waals surface area contributed by atoms with E-state index in [2.05, 4.69) is 0 Å². The van der Waals surface area contributed by atoms with Crippen LogP contribution in [0.3, 0.4) is 0 Å². The van der Waals surface area contributed by atoms with E-state index < -0.39 is 5.97 Å². The summed E-state index contributed by atoms with van der Waals surface area (Å²) in [6.07, 6.45) is 2.53. The van der Waals surface area contributed by atoms with E-state index in [4.69, 9.17) is 14.9 Å². The number of aliphatic hydroxyl groups is 1. The molecular weight excluding hydrogens is 184 g/mol. The van der Waals surface area contributed by atoms with Gasteiger partial charge in [0.2, 0.25) is 0 Å². The number of hydrogen-bond donors (Lipinski definition) is 2. The van der Waals surface area contributed by atoms with Gasteiger partial charge in [-0.3, -0.25) is 0 Å². The van der Waals surface area contributed by atoms with Crippen LogP contribution in [0.1, 0.15) is 5.56 Å². The molecule has 2 N–H and O–H groups in total. The Hall–Kier alpha value is -1.81. The summed E-state index contributed by atoms with van der Waals surface area (Å²) >= 11 is 0. The van der Waals surface area contributed by atoms with Crippen molar-refractivity contribution in [2.75, 3.05) is 6.79 Å².